The number of hydrogen-bond donors (Lipinski definition) is 1. The molecular formula is C16H25NSe. The van der Waals surface area contributed by atoms with Gasteiger partial charge in [-0.05, 0) is 0 Å². The van der Waals surface area contributed by atoms with Crippen molar-refractivity contribution in [3.05, 3.63) is 30.3 Å². The second-order valence-corrected chi connectivity index (χ2v) is 8.09. The summed E-state index contributed by atoms with van der Waals surface area (Å²) >= 11 is 0.623. The molecular weight excluding hydrogens is 285 g/mol. The van der Waals surface area contributed by atoms with Gasteiger partial charge in [0, 0.05) is 0 Å². The quantitative estimate of drug-likeness (QED) is 0.796. The van der Waals surface area contributed by atoms with E-state index in [1.807, 2.05) is 0 Å². The summed E-state index contributed by atoms with van der Waals surface area (Å²) in [7, 11) is 0. The molecule has 0 aliphatic heterocycles. The summed E-state index contributed by atoms with van der Waals surface area (Å²) in [5, 5.41) is 3.81. The van der Waals surface area contributed by atoms with Crippen LogP contribution >= 0.6 is 0 Å². The molecule has 1 aromatic rings. The molecule has 1 aromatic carbocycles. The first kappa shape index (κ1) is 14.1. The minimum atomic E-state index is 0.623. The fraction of sp³-hybridized carbons (Fsp3) is 0.625. The molecule has 1 unspecified atom stereocenters. The molecule has 0 aromatic heterocycles. The van der Waals surface area contributed by atoms with Crippen LogP contribution in [0, 0.1) is 0 Å². The van der Waals surface area contributed by atoms with Crippen LogP contribution in [0.4, 0.5) is 0 Å². The number of rotatable bonds is 6. The van der Waals surface area contributed by atoms with Crippen LogP contribution in [-0.4, -0.2) is 27.5 Å². The summed E-state index contributed by atoms with van der Waals surface area (Å²) < 4.78 is 1.54. The zero-order valence-electron chi connectivity index (χ0n) is 11.4. The molecule has 1 aliphatic carbocycles. The van der Waals surface area contributed by atoms with Crippen LogP contribution in [0.2, 0.25) is 4.82 Å². The summed E-state index contributed by atoms with van der Waals surface area (Å²) in [6.07, 6.45) is 8.40. The standard InChI is InChI=1S/C16H25NSe/c1-2-15(18-16-11-7-4-8-12-16)13-17-14-9-5-3-6-10-14/h4,7-8,11-12,14-15,17H,2-3,5-6,9-10,13H2,1H3. The normalized spacial score (nSPS) is 18.7. The van der Waals surface area contributed by atoms with Gasteiger partial charge in [-0.1, -0.05) is 0 Å². The Bertz CT molecular complexity index is 319. The van der Waals surface area contributed by atoms with Crippen LogP contribution in [-0.2, 0) is 0 Å². The van der Waals surface area contributed by atoms with Crippen molar-refractivity contribution >= 4 is 19.4 Å². The molecule has 1 fully saturated rings. The first-order valence-electron chi connectivity index (χ1n) is 7.33. The van der Waals surface area contributed by atoms with Crippen molar-refractivity contribution in [3.8, 4) is 0 Å². The van der Waals surface area contributed by atoms with E-state index in [1.165, 1.54) is 45.1 Å². The summed E-state index contributed by atoms with van der Waals surface area (Å²) in [4.78, 5) is 0.849. The summed E-state index contributed by atoms with van der Waals surface area (Å²) in [5.41, 5.74) is 0. The number of hydrogen-bond acceptors (Lipinski definition) is 1. The average Bonchev–Trinajstić information content (AvgIpc) is 2.45. The van der Waals surface area contributed by atoms with Crippen LogP contribution in [0.3, 0.4) is 0 Å². The van der Waals surface area contributed by atoms with Crippen molar-refractivity contribution < 1.29 is 0 Å². The minimum absolute atomic E-state index is 0.623. The van der Waals surface area contributed by atoms with Gasteiger partial charge < -0.3 is 0 Å². The van der Waals surface area contributed by atoms with Gasteiger partial charge in [0.2, 0.25) is 0 Å². The Hall–Kier alpha value is -0.301. The van der Waals surface area contributed by atoms with Crippen LogP contribution in [0.5, 0.6) is 0 Å². The van der Waals surface area contributed by atoms with E-state index in [-0.39, 0.29) is 0 Å². The molecule has 2 heteroatoms. The second-order valence-electron chi connectivity index (χ2n) is 5.20. The molecule has 0 saturated heterocycles. The van der Waals surface area contributed by atoms with E-state index in [4.69, 9.17) is 0 Å². The van der Waals surface area contributed by atoms with E-state index in [0.717, 1.165) is 10.9 Å². The van der Waals surface area contributed by atoms with Gasteiger partial charge in [-0.15, -0.1) is 0 Å². The first-order chi connectivity index (χ1) is 8.88. The topological polar surface area (TPSA) is 12.0 Å². The molecule has 0 spiro atoms. The second kappa shape index (κ2) is 7.99. The summed E-state index contributed by atoms with van der Waals surface area (Å²) in [6, 6.07) is 11.8. The molecule has 1 aliphatic rings. The Labute approximate surface area is 118 Å². The number of nitrogens with one attached hydrogen (secondary N) is 1. The Morgan fingerprint density at radius 3 is 2.56 bits per heavy atom. The zero-order valence-corrected chi connectivity index (χ0v) is 13.1. The molecule has 1 nitrogen and oxygen atoms in total. The van der Waals surface area contributed by atoms with Crippen molar-refractivity contribution in [2.24, 2.45) is 0 Å². The molecule has 1 N–H and O–H groups in total. The van der Waals surface area contributed by atoms with Crippen molar-refractivity contribution in [2.75, 3.05) is 6.54 Å². The third-order valence-electron chi connectivity index (χ3n) is 3.74. The molecule has 1 saturated carbocycles. The van der Waals surface area contributed by atoms with Crippen LogP contribution in [0.15, 0.2) is 30.3 Å². The molecule has 1 atom stereocenters. The monoisotopic (exact) mass is 311 g/mol. The Kier molecular flexibility index (Phi) is 6.26. The molecule has 18 heavy (non-hydrogen) atoms. The van der Waals surface area contributed by atoms with Gasteiger partial charge in [-0.25, -0.2) is 0 Å². The molecule has 2 rings (SSSR count). The Morgan fingerprint density at radius 2 is 1.89 bits per heavy atom. The van der Waals surface area contributed by atoms with E-state index in [1.54, 1.807) is 4.46 Å². The van der Waals surface area contributed by atoms with Gasteiger partial charge in [-0.3, -0.25) is 0 Å². The maximum atomic E-state index is 3.81. The van der Waals surface area contributed by atoms with Crippen LogP contribution in [0.25, 0.3) is 0 Å². The predicted octanol–water partition coefficient (Wildman–Crippen LogP) is 3.14. The summed E-state index contributed by atoms with van der Waals surface area (Å²) in [6.45, 7) is 3.55. The average molecular weight is 310 g/mol. The first-order valence-corrected chi connectivity index (χ1v) is 9.18. The Morgan fingerprint density at radius 1 is 1.17 bits per heavy atom. The van der Waals surface area contributed by atoms with E-state index in [0.29, 0.717) is 15.0 Å². The van der Waals surface area contributed by atoms with Gasteiger partial charge in [-0.2, -0.15) is 0 Å². The third-order valence-corrected chi connectivity index (χ3v) is 6.63. The number of benzene rings is 1. The maximum absolute atomic E-state index is 3.81. The van der Waals surface area contributed by atoms with Gasteiger partial charge >= 0.3 is 118 Å². The van der Waals surface area contributed by atoms with Crippen molar-refractivity contribution in [1.29, 1.82) is 0 Å². The van der Waals surface area contributed by atoms with E-state index >= 15 is 0 Å². The third kappa shape index (κ3) is 4.76. The summed E-state index contributed by atoms with van der Waals surface area (Å²) in [5.74, 6) is 0. The molecule has 100 valence electrons. The van der Waals surface area contributed by atoms with Gasteiger partial charge in [0.25, 0.3) is 0 Å². The fourth-order valence-corrected chi connectivity index (χ4v) is 4.76. The fourth-order valence-electron chi connectivity index (χ4n) is 2.57. The molecule has 0 bridgehead atoms. The molecule has 0 radical (unpaired) electrons. The molecule has 0 amide bonds. The van der Waals surface area contributed by atoms with E-state index in [2.05, 4.69) is 42.6 Å². The SMILES string of the molecule is CCC(CNC1CCCCC1)[Se]c1ccccc1. The van der Waals surface area contributed by atoms with E-state index in [9.17, 15) is 0 Å². The molecule has 0 heterocycles. The van der Waals surface area contributed by atoms with Gasteiger partial charge in [0.1, 0.15) is 0 Å². The van der Waals surface area contributed by atoms with Crippen LogP contribution < -0.4 is 9.78 Å². The van der Waals surface area contributed by atoms with Gasteiger partial charge in [0.15, 0.2) is 0 Å². The van der Waals surface area contributed by atoms with Crippen molar-refractivity contribution in [1.82, 2.24) is 5.32 Å². The van der Waals surface area contributed by atoms with E-state index < -0.39 is 0 Å². The Balaban J connectivity index is 1.75. The zero-order chi connectivity index (χ0) is 12.6. The van der Waals surface area contributed by atoms with Gasteiger partial charge in [0.05, 0.1) is 0 Å². The predicted molar refractivity (Wildman–Crippen MR) is 80.7 cm³/mol. The van der Waals surface area contributed by atoms with Crippen molar-refractivity contribution in [2.45, 2.75) is 56.3 Å². The van der Waals surface area contributed by atoms with Crippen molar-refractivity contribution in [3.63, 3.8) is 0 Å². The van der Waals surface area contributed by atoms with Crippen LogP contribution in [0.1, 0.15) is 45.4 Å².